The van der Waals surface area contributed by atoms with Crippen LogP contribution in [0.2, 0.25) is 39.3 Å². The molecule has 1 nitrogen and oxygen atoms in total. The lowest BCUT2D eigenvalue weighted by Crippen LogP contribution is -2.48. The summed E-state index contributed by atoms with van der Waals surface area (Å²) >= 11 is 0. The van der Waals surface area contributed by atoms with Gasteiger partial charge < -0.3 is 4.79 Å². The molecule has 1 aliphatic carbocycles. The lowest BCUT2D eigenvalue weighted by atomic mass is 9.93. The van der Waals surface area contributed by atoms with Crippen LogP contribution in [-0.2, 0) is 4.79 Å². The largest absolute Gasteiger partial charge is 0.305 e. The second-order valence-electron chi connectivity index (χ2n) is 7.55. The second kappa shape index (κ2) is 5.62. The zero-order valence-electron chi connectivity index (χ0n) is 13.1. The van der Waals surface area contributed by atoms with Gasteiger partial charge in [0.2, 0.25) is 0 Å². The highest BCUT2D eigenvalue weighted by molar-refractivity contribution is 7.10. The molecule has 0 atom stereocenters. The van der Waals surface area contributed by atoms with Gasteiger partial charge in [0, 0.05) is 5.54 Å². The normalized spacial score (nSPS) is 19.8. The fraction of sp³-hybridized carbons (Fsp3) is 0.667. The van der Waals surface area contributed by atoms with Crippen LogP contribution in [0.25, 0.3) is 0 Å². The van der Waals surface area contributed by atoms with Crippen LogP contribution in [0.15, 0.2) is 0 Å². The summed E-state index contributed by atoms with van der Waals surface area (Å²) in [5.74, 6) is 2.94. The molecule has 18 heavy (non-hydrogen) atoms. The topological polar surface area (TPSA) is 17.1 Å². The summed E-state index contributed by atoms with van der Waals surface area (Å²) in [5, 5.41) is 0.480. The molecule has 0 bridgehead atoms. The van der Waals surface area contributed by atoms with E-state index in [9.17, 15) is 4.79 Å². The van der Waals surface area contributed by atoms with Crippen molar-refractivity contribution in [3.05, 3.63) is 23.8 Å². The van der Waals surface area contributed by atoms with Crippen molar-refractivity contribution in [2.45, 2.75) is 65.5 Å². The van der Waals surface area contributed by atoms with Crippen molar-refractivity contribution in [3.8, 4) is 0 Å². The maximum atomic E-state index is 12.7. The van der Waals surface area contributed by atoms with Crippen molar-refractivity contribution in [2.75, 3.05) is 0 Å². The Labute approximate surface area is 116 Å². The van der Waals surface area contributed by atoms with Crippen molar-refractivity contribution < 1.29 is 4.79 Å². The fourth-order valence-electron chi connectivity index (χ4n) is 2.31. The van der Waals surface area contributed by atoms with Crippen LogP contribution in [0.5, 0.6) is 0 Å². The lowest BCUT2D eigenvalue weighted by molar-refractivity contribution is -0.110. The zero-order chi connectivity index (χ0) is 14.1. The highest BCUT2D eigenvalue weighted by Crippen LogP contribution is 2.41. The Morgan fingerprint density at radius 2 is 1.56 bits per heavy atom. The van der Waals surface area contributed by atoms with Gasteiger partial charge in [-0.3, -0.25) is 0 Å². The molecule has 0 aliphatic heterocycles. The van der Waals surface area contributed by atoms with E-state index in [1.807, 2.05) is 0 Å². The molecule has 0 aromatic carbocycles. The van der Waals surface area contributed by atoms with Crippen molar-refractivity contribution in [3.63, 3.8) is 0 Å². The lowest BCUT2D eigenvalue weighted by Gasteiger charge is -2.33. The molecule has 0 spiro atoms. The molecule has 1 aliphatic rings. The SMILES string of the molecule is C[C]1CCC[C]1[CH][C](C(=O)[Si](C)(C)C)[Si](C)(C)C. The quantitative estimate of drug-likeness (QED) is 0.680. The minimum Gasteiger partial charge on any atom is -0.305 e. The first kappa shape index (κ1) is 16.2. The maximum Gasteiger partial charge on any atom is 0.124 e. The van der Waals surface area contributed by atoms with Gasteiger partial charge in [-0.25, -0.2) is 0 Å². The monoisotopic (exact) mass is 280 g/mol. The summed E-state index contributed by atoms with van der Waals surface area (Å²) in [6, 6.07) is 0. The molecule has 102 valence electrons. The predicted octanol–water partition coefficient (Wildman–Crippen LogP) is 4.44. The van der Waals surface area contributed by atoms with Crippen molar-refractivity contribution in [2.24, 2.45) is 0 Å². The average molecular weight is 281 g/mol. The van der Waals surface area contributed by atoms with Crippen LogP contribution >= 0.6 is 0 Å². The maximum absolute atomic E-state index is 12.7. The molecule has 0 aromatic rings. The van der Waals surface area contributed by atoms with Gasteiger partial charge in [0.25, 0.3) is 0 Å². The highest BCUT2D eigenvalue weighted by Gasteiger charge is 2.42. The smallest absolute Gasteiger partial charge is 0.124 e. The minimum absolute atomic E-state index is 0.480. The Morgan fingerprint density at radius 1 is 1.00 bits per heavy atom. The molecule has 0 amide bonds. The number of rotatable bonds is 5. The van der Waals surface area contributed by atoms with Crippen LogP contribution in [0, 0.1) is 23.8 Å². The zero-order valence-corrected chi connectivity index (χ0v) is 15.1. The second-order valence-corrected chi connectivity index (χ2v) is 17.5. The number of hydrogen-bond acceptors (Lipinski definition) is 1. The van der Waals surface area contributed by atoms with Crippen molar-refractivity contribution in [1.29, 1.82) is 0 Å². The Balaban J connectivity index is 2.83. The predicted molar refractivity (Wildman–Crippen MR) is 85.3 cm³/mol. The third-order valence-corrected chi connectivity index (χ3v) is 7.47. The number of carbonyl (C=O) groups is 1. The van der Waals surface area contributed by atoms with Crippen LogP contribution in [0.1, 0.15) is 26.2 Å². The fourth-order valence-corrected chi connectivity index (χ4v) is 6.73. The Bertz CT molecular complexity index is 299. The van der Waals surface area contributed by atoms with Crippen molar-refractivity contribution in [1.82, 2.24) is 0 Å². The molecule has 0 saturated heterocycles. The van der Waals surface area contributed by atoms with E-state index in [4.69, 9.17) is 0 Å². The van der Waals surface area contributed by atoms with Gasteiger partial charge in [-0.1, -0.05) is 52.6 Å². The Morgan fingerprint density at radius 3 is 1.89 bits per heavy atom. The summed E-state index contributed by atoms with van der Waals surface area (Å²) in [7, 11) is -3.27. The van der Waals surface area contributed by atoms with E-state index in [0.717, 1.165) is 0 Å². The first-order chi connectivity index (χ1) is 8.03. The molecule has 4 radical (unpaired) electrons. The van der Waals surface area contributed by atoms with Gasteiger partial charge in [0.05, 0.1) is 8.07 Å². The van der Waals surface area contributed by atoms with Gasteiger partial charge in [-0.15, -0.1) is 0 Å². The summed E-state index contributed by atoms with van der Waals surface area (Å²) in [6.45, 7) is 15.6. The molecule has 0 aromatic heterocycles. The third kappa shape index (κ3) is 4.05. The molecule has 1 saturated carbocycles. The molecule has 3 heteroatoms. The molecular formula is C15H28OSi2. The van der Waals surface area contributed by atoms with E-state index in [-0.39, 0.29) is 0 Å². The molecule has 0 unspecified atom stereocenters. The van der Waals surface area contributed by atoms with E-state index in [1.54, 1.807) is 0 Å². The first-order valence-electron chi connectivity index (χ1n) is 6.99. The number of carbonyl (C=O) groups excluding carboxylic acids is 1. The molecule has 0 N–H and O–H groups in total. The standard InChI is InChI=1S/C15H28OSi2/c1-12-9-8-10-13(12)11-14(17(2,3)4)15(16)18(5,6)7/h11H,8-10H2,1-7H3. The Kier molecular flexibility index (Phi) is 5.04. The van der Waals surface area contributed by atoms with E-state index >= 15 is 0 Å². The molecule has 1 fully saturated rings. The van der Waals surface area contributed by atoms with Crippen LogP contribution in [0.3, 0.4) is 0 Å². The summed E-state index contributed by atoms with van der Waals surface area (Å²) in [6.07, 6.45) is 5.91. The van der Waals surface area contributed by atoms with Crippen LogP contribution in [0.4, 0.5) is 0 Å². The summed E-state index contributed by atoms with van der Waals surface area (Å²) in [5.41, 5.74) is 1.18. The van der Waals surface area contributed by atoms with Gasteiger partial charge in [-0.2, -0.15) is 0 Å². The van der Waals surface area contributed by atoms with Crippen LogP contribution < -0.4 is 0 Å². The van der Waals surface area contributed by atoms with E-state index < -0.39 is 16.1 Å². The molecule has 0 heterocycles. The average Bonchev–Trinajstić information content (AvgIpc) is 2.56. The number of hydrogen-bond donors (Lipinski definition) is 0. The molecule has 1 rings (SSSR count). The van der Waals surface area contributed by atoms with Crippen LogP contribution in [-0.4, -0.2) is 21.6 Å². The van der Waals surface area contributed by atoms with Crippen molar-refractivity contribution >= 4 is 21.6 Å². The van der Waals surface area contributed by atoms with Gasteiger partial charge in [0.15, 0.2) is 0 Å². The third-order valence-electron chi connectivity index (χ3n) is 3.60. The minimum atomic E-state index is -1.72. The first-order valence-corrected chi connectivity index (χ1v) is 14.0. The van der Waals surface area contributed by atoms with Gasteiger partial charge >= 0.3 is 0 Å². The van der Waals surface area contributed by atoms with Gasteiger partial charge in [-0.05, 0) is 31.1 Å². The Hall–Kier alpha value is 0.104. The molecular weight excluding hydrogens is 252 g/mol. The summed E-state index contributed by atoms with van der Waals surface area (Å²) < 4.78 is 0. The van der Waals surface area contributed by atoms with E-state index in [0.29, 0.717) is 5.41 Å². The summed E-state index contributed by atoms with van der Waals surface area (Å²) in [4.78, 5) is 12.7. The van der Waals surface area contributed by atoms with E-state index in [1.165, 1.54) is 36.6 Å². The van der Waals surface area contributed by atoms with E-state index in [2.05, 4.69) is 52.6 Å². The van der Waals surface area contributed by atoms with Gasteiger partial charge in [0.1, 0.15) is 13.5 Å². The highest BCUT2D eigenvalue weighted by atomic mass is 28.3.